The molecular weight excluding hydrogens is 512 g/mol. The molecule has 0 saturated heterocycles. The van der Waals surface area contributed by atoms with E-state index in [1.54, 1.807) is 36.6 Å². The van der Waals surface area contributed by atoms with Crippen LogP contribution in [0.2, 0.25) is 5.02 Å². The fraction of sp³-hybridized carbons (Fsp3) is 0.321. The van der Waals surface area contributed by atoms with Crippen LogP contribution in [0.5, 0.6) is 11.5 Å². The number of thiazole rings is 1. The first-order valence-electron chi connectivity index (χ1n) is 12.1. The zero-order chi connectivity index (χ0) is 26.7. The van der Waals surface area contributed by atoms with Gasteiger partial charge in [-0.2, -0.15) is 0 Å². The molecule has 0 unspecified atom stereocenters. The number of nitrogens with zero attached hydrogens (tertiary/aromatic N) is 2. The van der Waals surface area contributed by atoms with Gasteiger partial charge in [-0.25, -0.2) is 9.79 Å². The van der Waals surface area contributed by atoms with Crippen molar-refractivity contribution in [3.63, 3.8) is 0 Å². The van der Waals surface area contributed by atoms with Crippen molar-refractivity contribution < 1.29 is 19.0 Å². The van der Waals surface area contributed by atoms with E-state index in [1.807, 2.05) is 45.0 Å². The Balaban J connectivity index is 1.91. The van der Waals surface area contributed by atoms with Gasteiger partial charge in [-0.15, -0.1) is 0 Å². The maximum atomic E-state index is 13.8. The van der Waals surface area contributed by atoms with Crippen LogP contribution < -0.4 is 24.4 Å². The highest BCUT2D eigenvalue weighted by Crippen LogP contribution is 2.37. The number of aromatic nitrogens is 1. The molecule has 1 aliphatic rings. The van der Waals surface area contributed by atoms with Gasteiger partial charge in [-0.3, -0.25) is 9.36 Å². The van der Waals surface area contributed by atoms with Gasteiger partial charge in [-0.1, -0.05) is 52.8 Å². The van der Waals surface area contributed by atoms with Crippen LogP contribution in [0.15, 0.2) is 57.5 Å². The van der Waals surface area contributed by atoms with E-state index in [0.29, 0.717) is 55.9 Å². The molecule has 0 fully saturated rings. The number of esters is 1. The van der Waals surface area contributed by atoms with Crippen LogP contribution in [-0.2, 0) is 9.53 Å². The van der Waals surface area contributed by atoms with E-state index in [1.165, 1.54) is 11.3 Å². The van der Waals surface area contributed by atoms with E-state index in [9.17, 15) is 9.59 Å². The quantitative estimate of drug-likeness (QED) is 0.391. The van der Waals surface area contributed by atoms with Crippen molar-refractivity contribution in [1.29, 1.82) is 0 Å². The van der Waals surface area contributed by atoms with E-state index >= 15 is 0 Å². The molecule has 7 nitrogen and oxygen atoms in total. The lowest BCUT2D eigenvalue weighted by Crippen LogP contribution is -2.39. The van der Waals surface area contributed by atoms with Gasteiger partial charge < -0.3 is 14.2 Å². The Kier molecular flexibility index (Phi) is 8.19. The number of hydrogen-bond donors (Lipinski definition) is 0. The van der Waals surface area contributed by atoms with Crippen LogP contribution >= 0.6 is 22.9 Å². The third-order valence-corrected chi connectivity index (χ3v) is 7.09. The van der Waals surface area contributed by atoms with Gasteiger partial charge in [0.1, 0.15) is 0 Å². The molecule has 0 radical (unpaired) electrons. The van der Waals surface area contributed by atoms with E-state index in [0.717, 1.165) is 11.1 Å². The monoisotopic (exact) mass is 540 g/mol. The largest absolute Gasteiger partial charge is 0.490 e. The maximum Gasteiger partial charge on any atom is 0.338 e. The zero-order valence-corrected chi connectivity index (χ0v) is 23.0. The molecule has 0 aliphatic carbocycles. The molecule has 37 heavy (non-hydrogen) atoms. The first-order chi connectivity index (χ1) is 17.8. The lowest BCUT2D eigenvalue weighted by atomic mass is 9.95. The van der Waals surface area contributed by atoms with Crippen molar-refractivity contribution in [3.05, 3.63) is 89.1 Å². The number of halogens is 1. The van der Waals surface area contributed by atoms with Crippen molar-refractivity contribution in [2.45, 2.75) is 40.7 Å². The smallest absolute Gasteiger partial charge is 0.338 e. The summed E-state index contributed by atoms with van der Waals surface area (Å²) >= 11 is 7.75. The summed E-state index contributed by atoms with van der Waals surface area (Å²) in [7, 11) is 0. The molecule has 1 aromatic heterocycles. The molecule has 1 aliphatic heterocycles. The highest BCUT2D eigenvalue weighted by molar-refractivity contribution is 7.07. The van der Waals surface area contributed by atoms with E-state index in [-0.39, 0.29) is 12.2 Å². The van der Waals surface area contributed by atoms with Crippen LogP contribution in [0.3, 0.4) is 0 Å². The van der Waals surface area contributed by atoms with Crippen LogP contribution in [0, 0.1) is 6.92 Å². The lowest BCUT2D eigenvalue weighted by molar-refractivity contribution is -0.139. The van der Waals surface area contributed by atoms with Gasteiger partial charge in [0.25, 0.3) is 5.56 Å². The van der Waals surface area contributed by atoms with Crippen LogP contribution in [0.1, 0.15) is 50.4 Å². The zero-order valence-electron chi connectivity index (χ0n) is 21.5. The molecule has 3 aromatic rings. The first-order valence-corrected chi connectivity index (χ1v) is 13.3. The van der Waals surface area contributed by atoms with E-state index in [2.05, 4.69) is 4.99 Å². The average molecular weight is 541 g/mol. The average Bonchev–Trinajstić information content (AvgIpc) is 3.15. The number of carbonyl (C=O) groups excluding carboxylic acids is 1. The number of ether oxygens (including phenoxy) is 3. The van der Waals surface area contributed by atoms with Gasteiger partial charge >= 0.3 is 5.97 Å². The summed E-state index contributed by atoms with van der Waals surface area (Å²) in [5.74, 6) is 0.496. The molecule has 0 saturated carbocycles. The second kappa shape index (κ2) is 11.4. The number of fused-ring (bicyclic) bond motifs is 1. The standard InChI is InChI=1S/C28H29ClN2O5S/c1-6-34-21-14-18(13-20(29)25(21)35-7-2)15-22-26(32)31-24(19-11-9-16(4)10-12-19)23(27(33)36-8-3)17(5)30-28(31)37-22/h9-15,24H,6-8H2,1-5H3/b22-15+/t24-/m1/s1. The third kappa shape index (κ3) is 5.36. The highest BCUT2D eigenvalue weighted by Gasteiger charge is 2.33. The van der Waals surface area contributed by atoms with E-state index in [4.69, 9.17) is 25.8 Å². The number of benzene rings is 2. The lowest BCUT2D eigenvalue weighted by Gasteiger charge is -2.24. The predicted octanol–water partition coefficient (Wildman–Crippen LogP) is 4.56. The number of aryl methyl sites for hydroxylation is 1. The fourth-order valence-electron chi connectivity index (χ4n) is 4.23. The maximum absolute atomic E-state index is 13.8. The Bertz CT molecular complexity index is 1540. The molecule has 1 atom stereocenters. The van der Waals surface area contributed by atoms with Crippen molar-refractivity contribution in [2.75, 3.05) is 19.8 Å². The second-order valence-corrected chi connectivity index (χ2v) is 9.83. The second-order valence-electron chi connectivity index (χ2n) is 8.41. The summed E-state index contributed by atoms with van der Waals surface area (Å²) in [6, 6.07) is 10.7. The summed E-state index contributed by atoms with van der Waals surface area (Å²) in [6.07, 6.45) is 1.75. The van der Waals surface area contributed by atoms with Crippen LogP contribution in [-0.4, -0.2) is 30.4 Å². The third-order valence-electron chi connectivity index (χ3n) is 5.83. The van der Waals surface area contributed by atoms with Gasteiger partial charge in [0.2, 0.25) is 0 Å². The first kappa shape index (κ1) is 26.7. The van der Waals surface area contributed by atoms with Gasteiger partial charge in [0.15, 0.2) is 16.3 Å². The number of rotatable bonds is 8. The van der Waals surface area contributed by atoms with Gasteiger partial charge in [0, 0.05) is 0 Å². The molecule has 0 N–H and O–H groups in total. The van der Waals surface area contributed by atoms with Crippen molar-refractivity contribution in [1.82, 2.24) is 4.57 Å². The minimum absolute atomic E-state index is 0.224. The van der Waals surface area contributed by atoms with Crippen LogP contribution in [0.4, 0.5) is 0 Å². The van der Waals surface area contributed by atoms with Gasteiger partial charge in [0.05, 0.1) is 46.7 Å². The van der Waals surface area contributed by atoms with Gasteiger partial charge in [-0.05, 0) is 64.0 Å². The normalized spacial score (nSPS) is 15.3. The molecule has 194 valence electrons. The van der Waals surface area contributed by atoms with Crippen LogP contribution in [0.25, 0.3) is 6.08 Å². The topological polar surface area (TPSA) is 79.1 Å². The molecule has 0 bridgehead atoms. The highest BCUT2D eigenvalue weighted by atomic mass is 35.5. The van der Waals surface area contributed by atoms with E-state index < -0.39 is 12.0 Å². The summed E-state index contributed by atoms with van der Waals surface area (Å²) < 4.78 is 18.8. The number of allylic oxidation sites excluding steroid dienone is 1. The summed E-state index contributed by atoms with van der Waals surface area (Å²) in [4.78, 5) is 31.9. The summed E-state index contributed by atoms with van der Waals surface area (Å²) in [6.45, 7) is 10.4. The summed E-state index contributed by atoms with van der Waals surface area (Å²) in [5.41, 5.74) is 3.19. The molecule has 0 amide bonds. The minimum atomic E-state index is -0.652. The Morgan fingerprint density at radius 1 is 1.08 bits per heavy atom. The minimum Gasteiger partial charge on any atom is -0.490 e. The molecule has 9 heteroatoms. The Morgan fingerprint density at radius 3 is 2.43 bits per heavy atom. The Hall–Kier alpha value is -3.36. The van der Waals surface area contributed by atoms with Crippen molar-refractivity contribution in [2.24, 2.45) is 4.99 Å². The summed E-state index contributed by atoms with van der Waals surface area (Å²) in [5, 5.41) is 0.393. The predicted molar refractivity (Wildman–Crippen MR) is 145 cm³/mol. The molecular formula is C28H29ClN2O5S. The Labute approximate surface area is 224 Å². The SMILES string of the molecule is CCOC(=O)C1=C(C)N=c2s/c(=C/c3cc(Cl)c(OCC)c(OCC)c3)c(=O)n2[C@@H]1c1ccc(C)cc1. The molecule has 0 spiro atoms. The molecule has 4 rings (SSSR count). The molecule has 2 heterocycles. The fourth-order valence-corrected chi connectivity index (χ4v) is 5.55. The number of carbonyl (C=O) groups is 1. The van der Waals surface area contributed by atoms with Crippen molar-refractivity contribution in [3.8, 4) is 11.5 Å². The van der Waals surface area contributed by atoms with Crippen molar-refractivity contribution >= 4 is 35.0 Å². The number of hydrogen-bond acceptors (Lipinski definition) is 7. The Morgan fingerprint density at radius 2 is 1.78 bits per heavy atom. The molecule has 2 aromatic carbocycles.